The van der Waals surface area contributed by atoms with Gasteiger partial charge in [-0.15, -0.1) is 0 Å². The zero-order valence-electron chi connectivity index (χ0n) is 28.0. The predicted molar refractivity (Wildman–Crippen MR) is 181 cm³/mol. The van der Waals surface area contributed by atoms with Crippen molar-refractivity contribution in [1.82, 2.24) is 20.9 Å². The van der Waals surface area contributed by atoms with Crippen LogP contribution >= 0.6 is 0 Å². The number of carbonyl (C=O) groups is 4. The Kier molecular flexibility index (Phi) is 14.9. The van der Waals surface area contributed by atoms with E-state index in [1.54, 1.807) is 0 Å². The van der Waals surface area contributed by atoms with E-state index in [0.717, 1.165) is 0 Å². The number of nitrogens with zero attached hydrogens (tertiary/aromatic N) is 2. The van der Waals surface area contributed by atoms with Crippen molar-refractivity contribution in [3.05, 3.63) is 46.5 Å². The molecule has 2 aromatic rings. The summed E-state index contributed by atoms with van der Waals surface area (Å²) < 4.78 is 22.3. The maximum atomic E-state index is 13.7. The maximum Gasteiger partial charge on any atom is 0.255 e. The first-order chi connectivity index (χ1) is 23.1. The van der Waals surface area contributed by atoms with Crippen LogP contribution in [0.1, 0.15) is 67.1 Å². The van der Waals surface area contributed by atoms with Crippen LogP contribution in [0.15, 0.2) is 29.3 Å². The maximum absolute atomic E-state index is 13.7. The number of carbonyl (C=O) groups excluding carboxylic acids is 4. The molecule has 1 aliphatic rings. The lowest BCUT2D eigenvalue weighted by Gasteiger charge is -2.30. The zero-order chi connectivity index (χ0) is 35.1. The van der Waals surface area contributed by atoms with Crippen LogP contribution in [0.3, 0.4) is 0 Å². The van der Waals surface area contributed by atoms with Crippen LogP contribution in [-0.2, 0) is 0 Å². The second-order valence-electron chi connectivity index (χ2n) is 11.4. The van der Waals surface area contributed by atoms with E-state index in [1.807, 2.05) is 19.0 Å². The molecule has 7 N–H and O–H groups in total. The fraction of sp³-hybridized carbons (Fsp3) is 0.485. The lowest BCUT2D eigenvalue weighted by Crippen LogP contribution is -2.44. The summed E-state index contributed by atoms with van der Waals surface area (Å²) in [5.74, 6) is -0.142. The largest absolute Gasteiger partial charge is 0.496 e. The van der Waals surface area contributed by atoms with Crippen LogP contribution < -0.4 is 46.4 Å². The summed E-state index contributed by atoms with van der Waals surface area (Å²) in [7, 11) is 6.66. The summed E-state index contributed by atoms with van der Waals surface area (Å²) in [6.45, 7) is 1.79. The Bertz CT molecular complexity index is 1440. The first-order valence-electron chi connectivity index (χ1n) is 15.7. The van der Waals surface area contributed by atoms with Crippen LogP contribution in [0.2, 0.25) is 0 Å². The molecular formula is C33H47N7O8. The van der Waals surface area contributed by atoms with E-state index in [9.17, 15) is 19.2 Å². The first-order valence-corrected chi connectivity index (χ1v) is 15.7. The number of methoxy groups -OCH3 is 2. The molecule has 48 heavy (non-hydrogen) atoms. The second-order valence-corrected chi connectivity index (χ2v) is 11.4. The van der Waals surface area contributed by atoms with Crippen molar-refractivity contribution >= 4 is 30.3 Å². The quantitative estimate of drug-likeness (QED) is 0.0654. The van der Waals surface area contributed by atoms with Crippen LogP contribution in [0.4, 0.5) is 0 Å². The molecule has 3 amide bonds. The minimum atomic E-state index is -0.420. The van der Waals surface area contributed by atoms with Gasteiger partial charge in [-0.1, -0.05) is 0 Å². The summed E-state index contributed by atoms with van der Waals surface area (Å²) in [6, 6.07) is 5.59. The topological polar surface area (TPSA) is 209 Å². The van der Waals surface area contributed by atoms with E-state index in [1.165, 1.54) is 44.8 Å². The minimum Gasteiger partial charge on any atom is -0.496 e. The molecule has 15 nitrogen and oxygen atoms in total. The number of hydrogen-bond donors (Lipinski definition) is 5. The number of amides is 3. The lowest BCUT2D eigenvalue weighted by molar-refractivity contribution is 0.0887. The molecule has 0 aliphatic heterocycles. The SMILES string of the molecule is COc1cc(OC)c(C(=O)NC2CCC(NC(=O)c3cc(C(=O)NCCN(C)C)c(OCCN)cc3OCCN=CN)CC2)cc1C=O. The van der Waals surface area contributed by atoms with Gasteiger partial charge >= 0.3 is 0 Å². The monoisotopic (exact) mass is 669 g/mol. The fourth-order valence-electron chi connectivity index (χ4n) is 5.20. The Morgan fingerprint density at radius 1 is 0.833 bits per heavy atom. The zero-order valence-corrected chi connectivity index (χ0v) is 28.0. The summed E-state index contributed by atoms with van der Waals surface area (Å²) >= 11 is 0. The van der Waals surface area contributed by atoms with Crippen molar-refractivity contribution in [2.45, 2.75) is 37.8 Å². The van der Waals surface area contributed by atoms with E-state index >= 15 is 0 Å². The third-order valence-electron chi connectivity index (χ3n) is 7.70. The molecule has 0 aromatic heterocycles. The van der Waals surface area contributed by atoms with E-state index in [-0.39, 0.29) is 83.8 Å². The van der Waals surface area contributed by atoms with Crippen molar-refractivity contribution in [2.75, 3.05) is 67.7 Å². The van der Waals surface area contributed by atoms with Gasteiger partial charge in [0.25, 0.3) is 17.7 Å². The molecular weight excluding hydrogens is 622 g/mol. The number of benzene rings is 2. The second kappa shape index (κ2) is 19.1. The number of likely N-dealkylation sites (N-methyl/N-ethyl adjacent to an activating group) is 1. The molecule has 0 saturated heterocycles. The van der Waals surface area contributed by atoms with Crippen LogP contribution in [-0.4, -0.2) is 115 Å². The van der Waals surface area contributed by atoms with E-state index in [4.69, 9.17) is 30.4 Å². The van der Waals surface area contributed by atoms with Gasteiger partial charge in [-0.2, -0.15) is 0 Å². The molecule has 15 heteroatoms. The summed E-state index contributed by atoms with van der Waals surface area (Å²) in [5.41, 5.74) is 11.8. The van der Waals surface area contributed by atoms with E-state index < -0.39 is 11.8 Å². The van der Waals surface area contributed by atoms with Gasteiger partial charge in [-0.3, -0.25) is 24.2 Å². The molecule has 0 atom stereocenters. The molecule has 3 rings (SSSR count). The standard InChI is InChI=1S/C33H47N7O8/c1-40(2)12-10-37-31(42)25-16-26(30(48-14-11-36-20-35)18-29(25)47-13-9-34)33(44)39-23-7-5-22(6-8-23)38-32(43)24-15-21(19-41)27(45-3)17-28(24)46-4/h15-20,22-23H,5-14,34H2,1-4H3,(H2,35,36)(H,37,42)(H,38,43)(H,39,44). The van der Waals surface area contributed by atoms with Crippen molar-refractivity contribution in [2.24, 2.45) is 16.5 Å². The average Bonchev–Trinajstić information content (AvgIpc) is 3.08. The molecule has 0 heterocycles. The molecule has 0 spiro atoms. The number of aldehydes is 1. The van der Waals surface area contributed by atoms with E-state index in [2.05, 4.69) is 20.9 Å². The highest BCUT2D eigenvalue weighted by Gasteiger charge is 2.28. The third kappa shape index (κ3) is 10.6. The van der Waals surface area contributed by atoms with Crippen LogP contribution in [0, 0.1) is 0 Å². The minimum absolute atomic E-state index is 0.136. The molecule has 1 saturated carbocycles. The van der Waals surface area contributed by atoms with Crippen molar-refractivity contribution in [3.63, 3.8) is 0 Å². The fourth-order valence-corrected chi connectivity index (χ4v) is 5.20. The normalized spacial score (nSPS) is 15.9. The van der Waals surface area contributed by atoms with Crippen LogP contribution in [0.25, 0.3) is 0 Å². The van der Waals surface area contributed by atoms with Crippen LogP contribution in [0.5, 0.6) is 23.0 Å². The van der Waals surface area contributed by atoms with Gasteiger partial charge in [0, 0.05) is 43.9 Å². The van der Waals surface area contributed by atoms with Gasteiger partial charge in [0.1, 0.15) is 36.2 Å². The number of ether oxygens (including phenoxy) is 4. The van der Waals surface area contributed by atoms with Gasteiger partial charge in [-0.25, -0.2) is 0 Å². The van der Waals surface area contributed by atoms with Gasteiger partial charge in [0.2, 0.25) is 0 Å². The van der Waals surface area contributed by atoms with E-state index in [0.29, 0.717) is 50.8 Å². The Hall–Kier alpha value is -4.89. The van der Waals surface area contributed by atoms with Gasteiger partial charge < -0.3 is 51.3 Å². The molecule has 2 aromatic carbocycles. The highest BCUT2D eigenvalue weighted by Crippen LogP contribution is 2.31. The number of hydrogen-bond acceptors (Lipinski definition) is 11. The molecule has 0 bridgehead atoms. The highest BCUT2D eigenvalue weighted by atomic mass is 16.5. The lowest BCUT2D eigenvalue weighted by atomic mass is 9.90. The molecule has 262 valence electrons. The number of nitrogens with two attached hydrogens (primary N) is 2. The Morgan fingerprint density at radius 3 is 1.90 bits per heavy atom. The molecule has 0 unspecified atom stereocenters. The van der Waals surface area contributed by atoms with Gasteiger partial charge in [0.05, 0.1) is 49.4 Å². The number of aliphatic imine (C=N–C) groups is 1. The Labute approximate surface area is 280 Å². The van der Waals surface area contributed by atoms with Crippen molar-refractivity contribution in [3.8, 4) is 23.0 Å². The Balaban J connectivity index is 1.74. The smallest absolute Gasteiger partial charge is 0.255 e. The Morgan fingerprint density at radius 2 is 1.38 bits per heavy atom. The molecule has 1 fully saturated rings. The third-order valence-corrected chi connectivity index (χ3v) is 7.70. The molecule has 1 aliphatic carbocycles. The highest BCUT2D eigenvalue weighted by molar-refractivity contribution is 6.03. The summed E-state index contributed by atoms with van der Waals surface area (Å²) in [4.78, 5) is 57.4. The molecule has 0 radical (unpaired) electrons. The van der Waals surface area contributed by atoms with Crippen molar-refractivity contribution in [1.29, 1.82) is 0 Å². The average molecular weight is 670 g/mol. The van der Waals surface area contributed by atoms with Crippen molar-refractivity contribution < 1.29 is 38.1 Å². The summed E-state index contributed by atoms with van der Waals surface area (Å²) in [5, 5.41) is 8.94. The number of rotatable bonds is 18. The van der Waals surface area contributed by atoms with Gasteiger partial charge in [-0.05, 0) is 51.9 Å². The first kappa shape index (κ1) is 37.6. The predicted octanol–water partition coefficient (Wildman–Crippen LogP) is 0.982. The summed E-state index contributed by atoms with van der Waals surface area (Å²) in [6.07, 6.45) is 4.17. The number of nitrogens with one attached hydrogen (secondary N) is 3. The van der Waals surface area contributed by atoms with Gasteiger partial charge in [0.15, 0.2) is 6.29 Å².